The smallest absolute Gasteiger partial charge is 0.337 e. The van der Waals surface area contributed by atoms with Crippen molar-refractivity contribution in [2.75, 3.05) is 5.75 Å². The van der Waals surface area contributed by atoms with Gasteiger partial charge in [0.2, 0.25) is 0 Å². The Balaban J connectivity index is 0.000000370. The lowest BCUT2D eigenvalue weighted by atomic mass is 9.90. The number of aryl methyl sites for hydroxylation is 1. The molecule has 7 nitrogen and oxygen atoms in total. The largest absolute Gasteiger partial charge is 0.508 e. The molecule has 1 fully saturated rings. The second-order valence-electron chi connectivity index (χ2n) is 13.8. The predicted molar refractivity (Wildman–Crippen MR) is 210 cm³/mol. The summed E-state index contributed by atoms with van der Waals surface area (Å²) in [5.74, 6) is -0.265. The minimum atomic E-state index is -1.52. The highest BCUT2D eigenvalue weighted by molar-refractivity contribution is 7.99. The normalized spacial score (nSPS) is 14.6. The van der Waals surface area contributed by atoms with E-state index in [4.69, 9.17) is 31.9 Å². The fourth-order valence-corrected chi connectivity index (χ4v) is 7.74. The number of carbonyl (C=O) groups is 1. The Labute approximate surface area is 314 Å². The van der Waals surface area contributed by atoms with Gasteiger partial charge in [0.15, 0.2) is 6.10 Å². The molecule has 5 aromatic rings. The maximum atomic E-state index is 10.7. The molecule has 0 spiro atoms. The molecule has 0 saturated heterocycles. The Bertz CT molecular complexity index is 2070. The number of aromatic nitrogens is 1. The number of aliphatic hydroxyl groups excluding tert-OH is 1. The van der Waals surface area contributed by atoms with Crippen LogP contribution in [0.3, 0.4) is 0 Å². The monoisotopic (exact) mass is 734 g/mol. The van der Waals surface area contributed by atoms with Crippen molar-refractivity contribution in [3.8, 4) is 11.8 Å². The average molecular weight is 735 g/mol. The molecule has 2 atom stereocenters. The Morgan fingerprint density at radius 1 is 0.981 bits per heavy atom. The number of aliphatic hydroxyl groups is 2. The topological polar surface area (TPSA) is 135 Å². The first-order valence-electron chi connectivity index (χ1n) is 17.2. The van der Waals surface area contributed by atoms with Gasteiger partial charge in [0.1, 0.15) is 5.75 Å². The predicted octanol–water partition coefficient (Wildman–Crippen LogP) is 9.90. The number of phenolic OH excluding ortho intramolecular Hbond substituents is 1. The summed E-state index contributed by atoms with van der Waals surface area (Å²) in [6, 6.07) is 34.6. The fourth-order valence-electron chi connectivity index (χ4n) is 6.00. The van der Waals surface area contributed by atoms with E-state index in [1.54, 1.807) is 0 Å². The minimum absolute atomic E-state index is 0.0383. The summed E-state index contributed by atoms with van der Waals surface area (Å²) in [4.78, 5) is 15.0. The summed E-state index contributed by atoms with van der Waals surface area (Å²) >= 11 is 8.15. The average Bonchev–Trinajstić information content (AvgIpc) is 3.90. The van der Waals surface area contributed by atoms with Crippen molar-refractivity contribution < 1.29 is 25.2 Å². The Morgan fingerprint density at radius 3 is 2.40 bits per heavy atom. The number of rotatable bonds is 13. The van der Waals surface area contributed by atoms with E-state index in [-0.39, 0.29) is 16.7 Å². The molecule has 1 aliphatic rings. The van der Waals surface area contributed by atoms with Crippen LogP contribution in [0.15, 0.2) is 103 Å². The number of nitrogens with zero attached hydrogens (tertiary/aromatic N) is 2. The number of hydrogen-bond donors (Lipinski definition) is 4. The number of hydrogen-bond acceptors (Lipinski definition) is 7. The molecule has 1 aliphatic carbocycles. The molecular formula is C43H43ClN2O5S. The van der Waals surface area contributed by atoms with Crippen molar-refractivity contribution >= 4 is 52.4 Å². The van der Waals surface area contributed by atoms with Gasteiger partial charge in [-0.2, -0.15) is 17.0 Å². The first-order valence-corrected chi connectivity index (χ1v) is 18.6. The van der Waals surface area contributed by atoms with E-state index in [0.29, 0.717) is 16.7 Å². The van der Waals surface area contributed by atoms with Gasteiger partial charge in [-0.3, -0.25) is 0 Å². The third-order valence-electron chi connectivity index (χ3n) is 9.20. The summed E-state index contributed by atoms with van der Waals surface area (Å²) < 4.78 is 0. The van der Waals surface area contributed by atoms with Gasteiger partial charge in [-0.25, -0.2) is 9.78 Å². The van der Waals surface area contributed by atoms with Gasteiger partial charge in [-0.1, -0.05) is 90.5 Å². The number of fused-ring (bicyclic) bond motifs is 1. The van der Waals surface area contributed by atoms with E-state index < -0.39 is 17.7 Å². The summed E-state index contributed by atoms with van der Waals surface area (Å²) in [7, 11) is 0. The van der Waals surface area contributed by atoms with Crippen LogP contribution in [0.2, 0.25) is 5.02 Å². The number of aliphatic carboxylic acids is 1. The molecule has 1 saturated carbocycles. The lowest BCUT2D eigenvalue weighted by Gasteiger charge is -2.24. The van der Waals surface area contributed by atoms with Gasteiger partial charge >= 0.3 is 5.97 Å². The van der Waals surface area contributed by atoms with Crippen LogP contribution in [0.1, 0.15) is 84.4 Å². The molecule has 1 aromatic heterocycles. The van der Waals surface area contributed by atoms with E-state index in [9.17, 15) is 15.2 Å². The number of aromatic hydroxyl groups is 1. The summed E-state index contributed by atoms with van der Waals surface area (Å²) in [6.45, 7) is 3.71. The van der Waals surface area contributed by atoms with E-state index >= 15 is 0 Å². The first-order chi connectivity index (χ1) is 24.9. The number of nitriles is 1. The highest BCUT2D eigenvalue weighted by Gasteiger charge is 2.42. The Hall–Kier alpha value is -4.65. The van der Waals surface area contributed by atoms with Crippen molar-refractivity contribution in [3.63, 3.8) is 0 Å². The van der Waals surface area contributed by atoms with Gasteiger partial charge < -0.3 is 20.4 Å². The molecule has 1 heterocycles. The summed E-state index contributed by atoms with van der Waals surface area (Å²) in [6.07, 6.45) is 7.42. The van der Waals surface area contributed by atoms with Crippen molar-refractivity contribution in [1.29, 1.82) is 5.26 Å². The van der Waals surface area contributed by atoms with Crippen LogP contribution in [0.5, 0.6) is 5.75 Å². The van der Waals surface area contributed by atoms with Crippen molar-refractivity contribution in [2.24, 2.45) is 5.41 Å². The zero-order chi connectivity index (χ0) is 37.3. The third-order valence-corrected chi connectivity index (χ3v) is 11.1. The standard InChI is InChI=1S/C35H35ClN2OS.C8H8O4/c1-34(2,39)31-9-4-3-7-26(31)13-17-33(40-24-35(18-19-35)20-21-37)28-8-5-6-25(22-28)10-15-30-16-12-27-11-14-29(36)23-32(27)38-30;9-6-3-1-5(2-4-6)7(10)8(11)12/h3-12,14-16,22-23,33,39H,13,17-20,24H2,1-2H3;1-4,7,9-10H,(H,11,12)/b15-10+;/t33-;/m1./s1. The Morgan fingerprint density at radius 2 is 1.71 bits per heavy atom. The molecule has 0 bridgehead atoms. The maximum absolute atomic E-state index is 10.7. The number of carboxylic acid groups (broad SMARTS) is 1. The van der Waals surface area contributed by atoms with Crippen LogP contribution in [0.25, 0.3) is 23.1 Å². The SMILES string of the molecule is CC(C)(O)c1ccccc1CC[C@@H](SCC1(CC#N)CC1)c1cccc(/C=C/c2ccc3ccc(Cl)cc3n2)c1.O=C(O)C(O)c1ccc(O)cc1. The number of phenols is 1. The van der Waals surface area contributed by atoms with E-state index in [2.05, 4.69) is 54.6 Å². The first kappa shape index (κ1) is 38.6. The molecule has 9 heteroatoms. The molecule has 0 amide bonds. The molecule has 4 N–H and O–H groups in total. The molecule has 4 aromatic carbocycles. The summed E-state index contributed by atoms with van der Waals surface area (Å²) in [5, 5.41) is 48.4. The molecule has 6 rings (SSSR count). The van der Waals surface area contributed by atoms with Crippen LogP contribution in [0, 0.1) is 16.7 Å². The van der Waals surface area contributed by atoms with Crippen LogP contribution in [-0.2, 0) is 16.8 Å². The van der Waals surface area contributed by atoms with Crippen molar-refractivity contribution in [1.82, 2.24) is 4.98 Å². The van der Waals surface area contributed by atoms with E-state index in [1.807, 2.05) is 68.1 Å². The number of benzene rings is 4. The third kappa shape index (κ3) is 10.7. The van der Waals surface area contributed by atoms with Gasteiger partial charge in [0.25, 0.3) is 0 Å². The van der Waals surface area contributed by atoms with Crippen LogP contribution in [0.4, 0.5) is 0 Å². The quantitative estimate of drug-likeness (QED) is 0.0939. The molecule has 0 aliphatic heterocycles. The molecular weight excluding hydrogens is 692 g/mol. The highest BCUT2D eigenvalue weighted by Crippen LogP contribution is 2.53. The molecule has 268 valence electrons. The van der Waals surface area contributed by atoms with Gasteiger partial charge in [-0.05, 0) is 109 Å². The van der Waals surface area contributed by atoms with Crippen LogP contribution < -0.4 is 0 Å². The van der Waals surface area contributed by atoms with Gasteiger partial charge in [-0.15, -0.1) is 0 Å². The lowest BCUT2D eigenvalue weighted by Crippen LogP contribution is -2.18. The van der Waals surface area contributed by atoms with Gasteiger partial charge in [0, 0.05) is 27.8 Å². The second kappa shape index (κ2) is 17.2. The number of pyridine rings is 1. The molecule has 1 unspecified atom stereocenters. The number of thioether (sulfide) groups is 1. The maximum Gasteiger partial charge on any atom is 0.337 e. The van der Waals surface area contributed by atoms with Crippen LogP contribution in [-0.4, -0.2) is 37.1 Å². The summed E-state index contributed by atoms with van der Waals surface area (Å²) in [5.41, 5.74) is 5.94. The Kier molecular flexibility index (Phi) is 12.8. The number of carboxylic acids is 1. The lowest BCUT2D eigenvalue weighted by molar-refractivity contribution is -0.146. The van der Waals surface area contributed by atoms with Crippen molar-refractivity contribution in [3.05, 3.63) is 142 Å². The zero-order valence-corrected chi connectivity index (χ0v) is 30.8. The second-order valence-corrected chi connectivity index (χ2v) is 15.4. The van der Waals surface area contributed by atoms with Gasteiger partial charge in [0.05, 0.1) is 22.9 Å². The van der Waals surface area contributed by atoms with E-state index in [0.717, 1.165) is 59.2 Å². The van der Waals surface area contributed by atoms with E-state index in [1.165, 1.54) is 35.4 Å². The molecule has 0 radical (unpaired) electrons. The van der Waals surface area contributed by atoms with Crippen molar-refractivity contribution in [2.45, 2.75) is 62.9 Å². The minimum Gasteiger partial charge on any atom is -0.508 e. The van der Waals surface area contributed by atoms with Crippen LogP contribution >= 0.6 is 23.4 Å². The zero-order valence-electron chi connectivity index (χ0n) is 29.2. The highest BCUT2D eigenvalue weighted by atomic mass is 35.5. The molecule has 52 heavy (non-hydrogen) atoms. The number of halogens is 1. The fraction of sp³-hybridized carbons (Fsp3) is 0.279.